The van der Waals surface area contributed by atoms with Crippen LogP contribution in [0.4, 0.5) is 0 Å². The molecule has 3 unspecified atom stereocenters. The van der Waals surface area contributed by atoms with Gasteiger partial charge < -0.3 is 25.8 Å². The number of epoxide rings is 1. The van der Waals surface area contributed by atoms with E-state index in [1.807, 2.05) is 13.0 Å². The molecule has 2 aromatic carbocycles. The molecule has 0 aromatic heterocycles. The van der Waals surface area contributed by atoms with Gasteiger partial charge in [-0.05, 0) is 44.7 Å². The number of ether oxygens (including phenoxy) is 2. The van der Waals surface area contributed by atoms with E-state index in [0.29, 0.717) is 49.2 Å². The van der Waals surface area contributed by atoms with E-state index in [4.69, 9.17) is 15.2 Å². The second-order valence-corrected chi connectivity index (χ2v) is 11.3. The van der Waals surface area contributed by atoms with E-state index >= 15 is 0 Å². The van der Waals surface area contributed by atoms with Crippen LogP contribution in [0.15, 0.2) is 54.6 Å². The van der Waals surface area contributed by atoms with Crippen molar-refractivity contribution in [2.24, 2.45) is 16.6 Å². The predicted molar refractivity (Wildman–Crippen MR) is 157 cm³/mol. The van der Waals surface area contributed by atoms with Crippen LogP contribution < -0.4 is 16.4 Å². The van der Waals surface area contributed by atoms with E-state index in [0.717, 1.165) is 0 Å². The van der Waals surface area contributed by atoms with Crippen molar-refractivity contribution in [2.45, 2.75) is 59.0 Å². The van der Waals surface area contributed by atoms with Gasteiger partial charge in [0.25, 0.3) is 5.91 Å². The zero-order valence-electron chi connectivity index (χ0n) is 24.6. The first-order valence-electron chi connectivity index (χ1n) is 14.3. The summed E-state index contributed by atoms with van der Waals surface area (Å²) in [5, 5.41) is 5.74. The molecular formula is C32H41N3O7. The van der Waals surface area contributed by atoms with Crippen molar-refractivity contribution in [1.29, 1.82) is 0 Å². The molecule has 0 spiro atoms. The Hall–Kier alpha value is -4.05. The summed E-state index contributed by atoms with van der Waals surface area (Å²) in [6, 6.07) is 15.4. The first kappa shape index (κ1) is 32.5. The van der Waals surface area contributed by atoms with Crippen molar-refractivity contribution in [3.8, 4) is 0 Å². The fraction of sp³-hybridized carbons (Fsp3) is 0.469. The smallest absolute Gasteiger partial charge is 0.311 e. The molecule has 226 valence electrons. The number of primary amides is 1. The second kappa shape index (κ2) is 14.7. The third-order valence-electron chi connectivity index (χ3n) is 7.70. The van der Waals surface area contributed by atoms with E-state index in [1.54, 1.807) is 62.4 Å². The lowest BCUT2D eigenvalue weighted by molar-refractivity contribution is -0.159. The molecule has 10 nitrogen and oxygen atoms in total. The molecule has 42 heavy (non-hydrogen) atoms. The van der Waals surface area contributed by atoms with Crippen LogP contribution in [0, 0.1) is 10.8 Å². The molecule has 2 aromatic rings. The topological polar surface area (TPSA) is 157 Å². The lowest BCUT2D eigenvalue weighted by Gasteiger charge is -2.36. The van der Waals surface area contributed by atoms with Gasteiger partial charge in [-0.2, -0.15) is 0 Å². The first-order chi connectivity index (χ1) is 20.0. The minimum Gasteiger partial charge on any atom is -0.462 e. The van der Waals surface area contributed by atoms with Crippen LogP contribution in [-0.4, -0.2) is 61.9 Å². The quantitative estimate of drug-likeness (QED) is 0.112. The van der Waals surface area contributed by atoms with Gasteiger partial charge in [-0.15, -0.1) is 0 Å². The zero-order chi connectivity index (χ0) is 30.8. The number of hydrogen-bond acceptors (Lipinski definition) is 7. The van der Waals surface area contributed by atoms with Crippen LogP contribution in [0.25, 0.3) is 0 Å². The Balaban J connectivity index is 1.48. The number of amides is 3. The maximum absolute atomic E-state index is 13.2. The lowest BCUT2D eigenvalue weighted by atomic mass is 9.69. The van der Waals surface area contributed by atoms with Crippen molar-refractivity contribution >= 4 is 29.5 Å². The van der Waals surface area contributed by atoms with Gasteiger partial charge in [-0.25, -0.2) is 0 Å². The molecule has 1 saturated heterocycles. The number of carbonyl (C=O) groups is 5. The molecular weight excluding hydrogens is 538 g/mol. The van der Waals surface area contributed by atoms with Crippen LogP contribution in [-0.2, 0) is 23.9 Å². The predicted octanol–water partition coefficient (Wildman–Crippen LogP) is 3.17. The normalized spacial score (nSPS) is 16.8. The molecule has 3 amide bonds. The van der Waals surface area contributed by atoms with Crippen molar-refractivity contribution < 1.29 is 33.4 Å². The summed E-state index contributed by atoms with van der Waals surface area (Å²) in [6.07, 6.45) is 1.20. The van der Waals surface area contributed by atoms with E-state index in [9.17, 15) is 24.0 Å². The monoisotopic (exact) mass is 579 g/mol. The number of esters is 1. The molecule has 1 aliphatic rings. The minimum absolute atomic E-state index is 0.00129. The van der Waals surface area contributed by atoms with E-state index in [-0.39, 0.29) is 49.6 Å². The van der Waals surface area contributed by atoms with Gasteiger partial charge in [0.05, 0.1) is 12.0 Å². The first-order valence-corrected chi connectivity index (χ1v) is 14.3. The number of hydrogen-bond donors (Lipinski definition) is 3. The molecule has 0 saturated carbocycles. The third-order valence-corrected chi connectivity index (χ3v) is 7.70. The van der Waals surface area contributed by atoms with Crippen molar-refractivity contribution in [2.75, 3.05) is 26.3 Å². The Morgan fingerprint density at radius 3 is 2.10 bits per heavy atom. The summed E-state index contributed by atoms with van der Waals surface area (Å²) in [5.74, 6) is -1.62. The fourth-order valence-electron chi connectivity index (χ4n) is 4.73. The summed E-state index contributed by atoms with van der Waals surface area (Å²) < 4.78 is 10.5. The molecule has 1 fully saturated rings. The molecule has 0 aliphatic carbocycles. The summed E-state index contributed by atoms with van der Waals surface area (Å²) in [7, 11) is 0. The summed E-state index contributed by atoms with van der Waals surface area (Å²) in [5.41, 5.74) is 4.87. The number of ketones is 1. The standard InChI is InChI=1S/C32H41N3O7/c1-4-31(2,21-32(3,16-15-26(33)36)30(40)42-20-25-19-41-25)29(39)35-18-8-17-34-28(38)24-13-11-23(12-14-24)27(37)22-9-6-5-7-10-22/h5-7,9-14,25H,4,8,15-21H2,1-3H3,(H2,33,36)(H,34,38)(H,35,39). The SMILES string of the molecule is CCC(C)(CC(C)(CCC(N)=O)C(=O)OCC1CO1)C(=O)NCCCNC(=O)c1ccc(C(=O)c2ccccc2)cc1. The van der Waals surface area contributed by atoms with Crippen LogP contribution >= 0.6 is 0 Å². The summed E-state index contributed by atoms with van der Waals surface area (Å²) >= 11 is 0. The van der Waals surface area contributed by atoms with Gasteiger partial charge in [-0.1, -0.05) is 56.3 Å². The molecule has 1 aliphatic heterocycles. The highest BCUT2D eigenvalue weighted by Crippen LogP contribution is 2.41. The Kier molecular flexibility index (Phi) is 11.4. The number of nitrogens with one attached hydrogen (secondary N) is 2. The molecule has 0 bridgehead atoms. The largest absolute Gasteiger partial charge is 0.462 e. The van der Waals surface area contributed by atoms with Crippen LogP contribution in [0.1, 0.15) is 79.2 Å². The van der Waals surface area contributed by atoms with Gasteiger partial charge in [-0.3, -0.25) is 24.0 Å². The van der Waals surface area contributed by atoms with Crippen molar-refractivity contribution in [3.63, 3.8) is 0 Å². The maximum atomic E-state index is 13.2. The van der Waals surface area contributed by atoms with Crippen LogP contribution in [0.3, 0.4) is 0 Å². The van der Waals surface area contributed by atoms with Gasteiger partial charge in [0, 0.05) is 41.6 Å². The van der Waals surface area contributed by atoms with Crippen molar-refractivity contribution in [3.05, 3.63) is 71.3 Å². The van der Waals surface area contributed by atoms with Crippen molar-refractivity contribution in [1.82, 2.24) is 10.6 Å². The average molecular weight is 580 g/mol. The van der Waals surface area contributed by atoms with Crippen LogP contribution in [0.5, 0.6) is 0 Å². The maximum Gasteiger partial charge on any atom is 0.311 e. The second-order valence-electron chi connectivity index (χ2n) is 11.3. The van der Waals surface area contributed by atoms with Gasteiger partial charge in [0.15, 0.2) is 5.78 Å². The van der Waals surface area contributed by atoms with E-state index in [2.05, 4.69) is 10.6 Å². The highest BCUT2D eigenvalue weighted by Gasteiger charge is 2.45. The minimum atomic E-state index is -1.08. The summed E-state index contributed by atoms with van der Waals surface area (Å²) in [4.78, 5) is 62.8. The fourth-order valence-corrected chi connectivity index (χ4v) is 4.73. The number of carbonyl (C=O) groups excluding carboxylic acids is 5. The molecule has 0 radical (unpaired) electrons. The molecule has 10 heteroatoms. The molecule has 3 rings (SSSR count). The lowest BCUT2D eigenvalue weighted by Crippen LogP contribution is -2.45. The number of benzene rings is 2. The number of nitrogens with two attached hydrogens (primary N) is 1. The third kappa shape index (κ3) is 9.24. The molecule has 3 atom stereocenters. The highest BCUT2D eigenvalue weighted by molar-refractivity contribution is 6.09. The van der Waals surface area contributed by atoms with Gasteiger partial charge >= 0.3 is 5.97 Å². The Morgan fingerprint density at radius 1 is 0.905 bits per heavy atom. The molecule has 4 N–H and O–H groups in total. The zero-order valence-corrected chi connectivity index (χ0v) is 24.6. The summed E-state index contributed by atoms with van der Waals surface area (Å²) in [6.45, 7) is 6.70. The van der Waals surface area contributed by atoms with Gasteiger partial charge in [0.2, 0.25) is 11.8 Å². The van der Waals surface area contributed by atoms with E-state index < -0.39 is 22.7 Å². The molecule has 1 heterocycles. The van der Waals surface area contributed by atoms with Gasteiger partial charge in [0.1, 0.15) is 12.7 Å². The van der Waals surface area contributed by atoms with Crippen LogP contribution in [0.2, 0.25) is 0 Å². The van der Waals surface area contributed by atoms with E-state index in [1.165, 1.54) is 0 Å². The average Bonchev–Trinajstić information content (AvgIpc) is 3.83. The Bertz CT molecular complexity index is 1260. The Labute approximate surface area is 246 Å². The number of rotatable bonds is 17. The highest BCUT2D eigenvalue weighted by atomic mass is 16.6. The Morgan fingerprint density at radius 2 is 1.50 bits per heavy atom.